The third kappa shape index (κ3) is 11.8. The molecule has 10 nitrogen and oxygen atoms in total. The van der Waals surface area contributed by atoms with Gasteiger partial charge in [0.1, 0.15) is 12.1 Å². The monoisotopic (exact) mass is 570 g/mol. The van der Waals surface area contributed by atoms with E-state index >= 15 is 0 Å². The van der Waals surface area contributed by atoms with Gasteiger partial charge in [0.15, 0.2) is 0 Å². The lowest BCUT2D eigenvalue weighted by Gasteiger charge is -2.27. The number of cyclic esters (lactones) is 1. The molecule has 0 aliphatic carbocycles. The number of carbonyl (C=O) groups excluding carboxylic acids is 5. The van der Waals surface area contributed by atoms with Gasteiger partial charge in [0.2, 0.25) is 17.6 Å². The number of nitrogens with one attached hydrogen (secondary N) is 3. The molecular formula is C31H46N4O6. The van der Waals surface area contributed by atoms with Gasteiger partial charge in [-0.2, -0.15) is 0 Å². The van der Waals surface area contributed by atoms with Crippen LogP contribution >= 0.6 is 0 Å². The van der Waals surface area contributed by atoms with Crippen LogP contribution in [0.1, 0.15) is 65.4 Å². The largest absolute Gasteiger partial charge is 0.446 e. The Labute approximate surface area is 243 Å². The number of allylic oxidation sites excluding steroid dienone is 2. The van der Waals surface area contributed by atoms with Gasteiger partial charge in [-0.05, 0) is 57.4 Å². The molecule has 0 aromatic heterocycles. The van der Waals surface area contributed by atoms with Crippen LogP contribution in [0.2, 0.25) is 0 Å². The lowest BCUT2D eigenvalue weighted by Crippen LogP contribution is -2.55. The van der Waals surface area contributed by atoms with Crippen LogP contribution in [-0.4, -0.2) is 72.8 Å². The minimum absolute atomic E-state index is 0.0268. The number of nitrogens with zero attached hydrogens (tertiary/aromatic N) is 1. The number of hydrogen-bond acceptors (Lipinski definition) is 6. The Bertz CT molecular complexity index is 1070. The molecule has 226 valence electrons. The zero-order valence-corrected chi connectivity index (χ0v) is 25.1. The number of carbonyl (C=O) groups is 5. The molecule has 1 aliphatic heterocycles. The summed E-state index contributed by atoms with van der Waals surface area (Å²) < 4.78 is 5.78. The average Bonchev–Trinajstić information content (AvgIpc) is 2.89. The molecule has 1 aromatic rings. The van der Waals surface area contributed by atoms with Crippen molar-refractivity contribution >= 4 is 29.6 Å². The predicted octanol–water partition coefficient (Wildman–Crippen LogP) is 3.15. The van der Waals surface area contributed by atoms with Gasteiger partial charge in [0.05, 0.1) is 6.04 Å². The maximum atomic E-state index is 13.5. The maximum absolute atomic E-state index is 13.5. The standard InChI is InChI=1S/C31H46N4O6/c1-20(2)17-26-28(37)33-25(27(36)29(38)32-21(3)4)19-23(30(39)35(5)6)15-11-8-12-16-24(41-31(40)34-26)18-22-13-9-7-10-14-22/h7-11,13-14,20-21,23-26H,12,15-19H2,1-6H3,(H,32,38)(H,33,37)(H,34,40)/b11-8+/t23?,24?,25-,26-/m0/s1. The number of amides is 4. The van der Waals surface area contributed by atoms with Crippen molar-refractivity contribution in [2.75, 3.05) is 14.1 Å². The Balaban J connectivity index is 2.42. The number of ketones is 1. The quantitative estimate of drug-likeness (QED) is 0.325. The number of rotatable bonds is 8. The highest BCUT2D eigenvalue weighted by Gasteiger charge is 2.35. The molecule has 1 aromatic carbocycles. The Hall–Kier alpha value is -3.69. The number of hydrogen-bond donors (Lipinski definition) is 3. The van der Waals surface area contributed by atoms with Gasteiger partial charge in [-0.3, -0.25) is 19.2 Å². The third-order valence-corrected chi connectivity index (χ3v) is 6.72. The van der Waals surface area contributed by atoms with Gasteiger partial charge in [-0.15, -0.1) is 0 Å². The number of alkyl carbamates (subject to hydrolysis) is 1. The summed E-state index contributed by atoms with van der Waals surface area (Å²) in [5.41, 5.74) is 1.02. The molecule has 4 atom stereocenters. The highest BCUT2D eigenvalue weighted by atomic mass is 16.6. The first-order chi connectivity index (χ1) is 19.4. The molecule has 0 saturated heterocycles. The van der Waals surface area contributed by atoms with Crippen molar-refractivity contribution in [1.82, 2.24) is 20.9 Å². The van der Waals surface area contributed by atoms with Gasteiger partial charge in [0.25, 0.3) is 5.91 Å². The Morgan fingerprint density at radius 2 is 1.71 bits per heavy atom. The Morgan fingerprint density at radius 3 is 2.32 bits per heavy atom. The number of benzene rings is 1. The Kier molecular flexibility index (Phi) is 13.5. The normalized spacial score (nSPS) is 23.3. The van der Waals surface area contributed by atoms with Crippen LogP contribution in [0.15, 0.2) is 42.5 Å². The van der Waals surface area contributed by atoms with E-state index in [2.05, 4.69) is 16.0 Å². The second-order valence-electron chi connectivity index (χ2n) is 11.5. The van der Waals surface area contributed by atoms with Crippen LogP contribution in [0.5, 0.6) is 0 Å². The molecule has 4 amide bonds. The molecule has 0 spiro atoms. The maximum Gasteiger partial charge on any atom is 0.408 e. The third-order valence-electron chi connectivity index (χ3n) is 6.72. The van der Waals surface area contributed by atoms with Gasteiger partial charge in [-0.25, -0.2) is 4.79 Å². The first kappa shape index (κ1) is 33.5. The van der Waals surface area contributed by atoms with Crippen LogP contribution in [0.4, 0.5) is 4.79 Å². The topological polar surface area (TPSA) is 134 Å². The van der Waals surface area contributed by atoms with Crippen molar-refractivity contribution in [2.24, 2.45) is 11.8 Å². The molecule has 0 radical (unpaired) electrons. The van der Waals surface area contributed by atoms with E-state index in [9.17, 15) is 24.0 Å². The molecule has 1 aliphatic rings. The lowest BCUT2D eigenvalue weighted by molar-refractivity contribution is -0.142. The summed E-state index contributed by atoms with van der Waals surface area (Å²) in [7, 11) is 3.25. The second-order valence-corrected chi connectivity index (χ2v) is 11.5. The first-order valence-corrected chi connectivity index (χ1v) is 14.4. The highest BCUT2D eigenvalue weighted by molar-refractivity contribution is 6.38. The molecule has 2 unspecified atom stereocenters. The molecular weight excluding hydrogens is 524 g/mol. The van der Waals surface area contributed by atoms with E-state index < -0.39 is 47.8 Å². The summed E-state index contributed by atoms with van der Waals surface area (Å²) >= 11 is 0. The van der Waals surface area contributed by atoms with Crippen molar-refractivity contribution < 1.29 is 28.7 Å². The van der Waals surface area contributed by atoms with Gasteiger partial charge in [0, 0.05) is 32.5 Å². The van der Waals surface area contributed by atoms with Crippen molar-refractivity contribution in [3.63, 3.8) is 0 Å². The Morgan fingerprint density at radius 1 is 1.02 bits per heavy atom. The fourth-order valence-electron chi connectivity index (χ4n) is 4.71. The van der Waals surface area contributed by atoms with Gasteiger partial charge in [-0.1, -0.05) is 56.3 Å². The molecule has 41 heavy (non-hydrogen) atoms. The second kappa shape index (κ2) is 16.5. The summed E-state index contributed by atoms with van der Waals surface area (Å²) in [4.78, 5) is 67.0. The van der Waals surface area contributed by atoms with Crippen molar-refractivity contribution in [3.8, 4) is 0 Å². The number of Topliss-reactive ketones (excluding diaryl/α,β-unsaturated/α-hetero) is 1. The summed E-state index contributed by atoms with van der Waals surface area (Å²) in [5.74, 6) is -3.14. The first-order valence-electron chi connectivity index (χ1n) is 14.4. The lowest BCUT2D eigenvalue weighted by atomic mass is 9.91. The average molecular weight is 571 g/mol. The van der Waals surface area contributed by atoms with Crippen LogP contribution < -0.4 is 16.0 Å². The molecule has 1 heterocycles. The summed E-state index contributed by atoms with van der Waals surface area (Å²) in [6, 6.07) is 7.14. The molecule has 0 saturated carbocycles. The molecule has 2 rings (SSSR count). The van der Waals surface area contributed by atoms with E-state index in [1.54, 1.807) is 27.9 Å². The fourth-order valence-corrected chi connectivity index (χ4v) is 4.71. The van der Waals surface area contributed by atoms with E-state index in [4.69, 9.17) is 4.74 Å². The van der Waals surface area contributed by atoms with Crippen LogP contribution in [0, 0.1) is 11.8 Å². The summed E-state index contributed by atoms with van der Waals surface area (Å²) in [6.45, 7) is 7.26. The smallest absolute Gasteiger partial charge is 0.408 e. The zero-order valence-electron chi connectivity index (χ0n) is 25.1. The molecule has 10 heteroatoms. The molecule has 0 bridgehead atoms. The molecule has 3 N–H and O–H groups in total. The van der Waals surface area contributed by atoms with Crippen LogP contribution in [0.25, 0.3) is 0 Å². The van der Waals surface area contributed by atoms with E-state index in [0.29, 0.717) is 25.7 Å². The SMILES string of the molecule is CC(C)C[C@@H]1NC(=O)OC(Cc2ccccc2)CC/C=C/CC(C(=O)N(C)C)C[C@@H](C(=O)C(=O)NC(C)C)NC1=O. The molecule has 0 fully saturated rings. The van der Waals surface area contributed by atoms with Crippen molar-refractivity contribution in [1.29, 1.82) is 0 Å². The van der Waals surface area contributed by atoms with Gasteiger partial charge < -0.3 is 25.6 Å². The van der Waals surface area contributed by atoms with Crippen molar-refractivity contribution in [2.45, 2.75) is 90.4 Å². The van der Waals surface area contributed by atoms with Crippen molar-refractivity contribution in [3.05, 3.63) is 48.0 Å². The van der Waals surface area contributed by atoms with Gasteiger partial charge >= 0.3 is 6.09 Å². The van der Waals surface area contributed by atoms with Crippen LogP contribution in [-0.2, 0) is 30.3 Å². The minimum Gasteiger partial charge on any atom is -0.446 e. The summed E-state index contributed by atoms with van der Waals surface area (Å²) in [6.07, 6.45) is 4.81. The fraction of sp³-hybridized carbons (Fsp3) is 0.581. The predicted molar refractivity (Wildman–Crippen MR) is 157 cm³/mol. The number of ether oxygens (including phenoxy) is 1. The zero-order chi connectivity index (χ0) is 30.5. The van der Waals surface area contributed by atoms with E-state index in [-0.39, 0.29) is 30.7 Å². The van der Waals surface area contributed by atoms with E-state index in [1.807, 2.05) is 56.3 Å². The van der Waals surface area contributed by atoms with Crippen LogP contribution in [0.3, 0.4) is 0 Å². The van der Waals surface area contributed by atoms with E-state index in [1.165, 1.54) is 4.90 Å². The minimum atomic E-state index is -1.26. The summed E-state index contributed by atoms with van der Waals surface area (Å²) in [5, 5.41) is 7.93. The highest BCUT2D eigenvalue weighted by Crippen LogP contribution is 2.19. The van der Waals surface area contributed by atoms with E-state index in [0.717, 1.165) is 5.56 Å².